The van der Waals surface area contributed by atoms with E-state index in [0.717, 1.165) is 0 Å². The van der Waals surface area contributed by atoms with Gasteiger partial charge in [0.1, 0.15) is 0 Å². The third-order valence-corrected chi connectivity index (χ3v) is 1.68. The van der Waals surface area contributed by atoms with Gasteiger partial charge in [-0.25, -0.2) is 0 Å². The number of hydrogen-bond donors (Lipinski definition) is 3. The fraction of sp³-hybridized carbons (Fsp3) is 0.500. The van der Waals surface area contributed by atoms with E-state index >= 15 is 0 Å². The van der Waals surface area contributed by atoms with Gasteiger partial charge in [-0.15, -0.1) is 0 Å². The van der Waals surface area contributed by atoms with Crippen LogP contribution in [0.15, 0.2) is 12.4 Å². The maximum Gasteiger partial charge on any atom is 0.254 e. The van der Waals surface area contributed by atoms with Crippen LogP contribution >= 0.6 is 0 Å². The van der Waals surface area contributed by atoms with Crippen molar-refractivity contribution in [2.24, 2.45) is 7.05 Å². The zero-order chi connectivity index (χ0) is 10.6. The molecule has 1 amide bonds. The Kier molecular flexibility index (Phi) is 3.61. The highest BCUT2D eigenvalue weighted by Crippen LogP contribution is 1.95. The van der Waals surface area contributed by atoms with Crippen LogP contribution in [0.1, 0.15) is 10.4 Å². The molecule has 0 radical (unpaired) electrons. The van der Waals surface area contributed by atoms with Gasteiger partial charge < -0.3 is 15.5 Å². The normalized spacial score (nSPS) is 12.5. The molecule has 1 heterocycles. The van der Waals surface area contributed by atoms with Crippen LogP contribution in [-0.4, -0.2) is 45.2 Å². The monoisotopic (exact) mass is 199 g/mol. The van der Waals surface area contributed by atoms with Crippen molar-refractivity contribution in [3.05, 3.63) is 18.0 Å². The molecular weight excluding hydrogens is 186 g/mol. The highest BCUT2D eigenvalue weighted by Gasteiger charge is 2.09. The largest absolute Gasteiger partial charge is 0.394 e. The lowest BCUT2D eigenvalue weighted by Gasteiger charge is -2.07. The van der Waals surface area contributed by atoms with Crippen LogP contribution in [0, 0.1) is 0 Å². The van der Waals surface area contributed by atoms with Crippen LogP contribution in [0.25, 0.3) is 0 Å². The van der Waals surface area contributed by atoms with Crippen molar-refractivity contribution in [3.8, 4) is 0 Å². The minimum Gasteiger partial charge on any atom is -0.394 e. The number of rotatable bonds is 4. The number of hydrogen-bond acceptors (Lipinski definition) is 4. The predicted molar refractivity (Wildman–Crippen MR) is 48.6 cm³/mol. The molecule has 0 aliphatic heterocycles. The molecule has 0 aliphatic rings. The molecule has 0 spiro atoms. The number of nitrogens with zero attached hydrogens (tertiary/aromatic N) is 2. The second-order valence-corrected chi connectivity index (χ2v) is 2.95. The molecule has 0 saturated carbocycles. The van der Waals surface area contributed by atoms with Crippen LogP contribution in [0.2, 0.25) is 0 Å². The molecule has 6 heteroatoms. The van der Waals surface area contributed by atoms with Crippen LogP contribution in [0.4, 0.5) is 0 Å². The lowest BCUT2D eigenvalue weighted by Crippen LogP contribution is -2.33. The summed E-state index contributed by atoms with van der Waals surface area (Å²) in [5, 5.41) is 23.8. The average molecular weight is 199 g/mol. The van der Waals surface area contributed by atoms with Crippen LogP contribution in [0.3, 0.4) is 0 Å². The third kappa shape index (κ3) is 2.82. The Morgan fingerprint density at radius 2 is 2.50 bits per heavy atom. The van der Waals surface area contributed by atoms with E-state index in [-0.39, 0.29) is 19.1 Å². The fourth-order valence-electron chi connectivity index (χ4n) is 0.916. The number of amides is 1. The maximum absolute atomic E-state index is 11.3. The Morgan fingerprint density at radius 1 is 1.79 bits per heavy atom. The number of carbonyl (C=O) groups excluding carboxylic acids is 1. The standard InChI is InChI=1S/C8H13N3O3/c1-11-4-6(2-10-11)8(14)9-3-7(13)5-12/h2,4,7,12-13H,3,5H2,1H3,(H,9,14). The quantitative estimate of drug-likeness (QED) is 0.551. The molecule has 0 bridgehead atoms. The van der Waals surface area contributed by atoms with Crippen molar-refractivity contribution in [2.75, 3.05) is 13.2 Å². The molecular formula is C8H13N3O3. The Morgan fingerprint density at radius 3 is 3.00 bits per heavy atom. The first-order chi connectivity index (χ1) is 6.63. The second kappa shape index (κ2) is 4.73. The third-order valence-electron chi connectivity index (χ3n) is 1.68. The lowest BCUT2D eigenvalue weighted by molar-refractivity contribution is 0.0802. The maximum atomic E-state index is 11.3. The topological polar surface area (TPSA) is 87.4 Å². The molecule has 6 nitrogen and oxygen atoms in total. The Hall–Kier alpha value is -1.40. The van der Waals surface area contributed by atoms with Crippen molar-refractivity contribution in [1.82, 2.24) is 15.1 Å². The summed E-state index contributed by atoms with van der Waals surface area (Å²) in [6.45, 7) is -0.336. The number of aromatic nitrogens is 2. The van der Waals surface area contributed by atoms with E-state index in [1.54, 1.807) is 13.2 Å². The SMILES string of the molecule is Cn1cc(C(=O)NCC(O)CO)cn1. The van der Waals surface area contributed by atoms with Crippen LogP contribution in [0.5, 0.6) is 0 Å². The molecule has 0 fully saturated rings. The Labute approximate surface area is 81.2 Å². The summed E-state index contributed by atoms with van der Waals surface area (Å²) in [7, 11) is 1.71. The molecule has 14 heavy (non-hydrogen) atoms. The van der Waals surface area contributed by atoms with Gasteiger partial charge in [-0.1, -0.05) is 0 Å². The lowest BCUT2D eigenvalue weighted by atomic mass is 10.3. The number of nitrogens with one attached hydrogen (secondary N) is 1. The van der Waals surface area contributed by atoms with E-state index in [4.69, 9.17) is 10.2 Å². The molecule has 78 valence electrons. The Bertz CT molecular complexity index is 311. The van der Waals surface area contributed by atoms with E-state index in [2.05, 4.69) is 10.4 Å². The molecule has 0 aromatic carbocycles. The van der Waals surface area contributed by atoms with E-state index in [0.29, 0.717) is 5.56 Å². The highest BCUT2D eigenvalue weighted by molar-refractivity contribution is 5.93. The number of aliphatic hydroxyl groups is 2. The Balaban J connectivity index is 2.43. The summed E-state index contributed by atoms with van der Waals surface area (Å²) >= 11 is 0. The van der Waals surface area contributed by atoms with Gasteiger partial charge in [0.15, 0.2) is 0 Å². The van der Waals surface area contributed by atoms with Gasteiger partial charge in [0.25, 0.3) is 5.91 Å². The smallest absolute Gasteiger partial charge is 0.254 e. The molecule has 0 saturated heterocycles. The van der Waals surface area contributed by atoms with E-state index < -0.39 is 6.10 Å². The first-order valence-corrected chi connectivity index (χ1v) is 4.19. The van der Waals surface area contributed by atoms with Gasteiger partial charge in [0, 0.05) is 19.8 Å². The average Bonchev–Trinajstić information content (AvgIpc) is 2.60. The van der Waals surface area contributed by atoms with Crippen molar-refractivity contribution >= 4 is 5.91 Å². The summed E-state index contributed by atoms with van der Waals surface area (Å²) in [6.07, 6.45) is 2.08. The molecule has 1 unspecified atom stereocenters. The van der Waals surface area contributed by atoms with Gasteiger partial charge in [0.2, 0.25) is 0 Å². The van der Waals surface area contributed by atoms with Gasteiger partial charge in [-0.3, -0.25) is 9.48 Å². The molecule has 1 aromatic heterocycles. The number of carbonyl (C=O) groups is 1. The minimum atomic E-state index is -0.921. The van der Waals surface area contributed by atoms with E-state index in [9.17, 15) is 4.79 Å². The predicted octanol–water partition coefficient (Wildman–Crippen LogP) is -1.50. The van der Waals surface area contributed by atoms with Crippen molar-refractivity contribution in [2.45, 2.75) is 6.10 Å². The van der Waals surface area contributed by atoms with Gasteiger partial charge >= 0.3 is 0 Å². The number of aryl methyl sites for hydroxylation is 1. The molecule has 3 N–H and O–H groups in total. The van der Waals surface area contributed by atoms with Crippen molar-refractivity contribution in [3.63, 3.8) is 0 Å². The summed E-state index contributed by atoms with van der Waals surface area (Å²) in [6, 6.07) is 0. The molecule has 1 rings (SSSR count). The highest BCUT2D eigenvalue weighted by atomic mass is 16.3. The van der Waals surface area contributed by atoms with Crippen molar-refractivity contribution < 1.29 is 15.0 Å². The van der Waals surface area contributed by atoms with Crippen LogP contribution < -0.4 is 5.32 Å². The van der Waals surface area contributed by atoms with Gasteiger partial charge in [0.05, 0.1) is 24.5 Å². The summed E-state index contributed by atoms with van der Waals surface area (Å²) in [4.78, 5) is 11.3. The van der Waals surface area contributed by atoms with Crippen molar-refractivity contribution in [1.29, 1.82) is 0 Å². The summed E-state index contributed by atoms with van der Waals surface area (Å²) < 4.78 is 1.51. The molecule has 1 aromatic rings. The fourth-order valence-corrected chi connectivity index (χ4v) is 0.916. The zero-order valence-corrected chi connectivity index (χ0v) is 7.84. The van der Waals surface area contributed by atoms with E-state index in [1.165, 1.54) is 10.9 Å². The van der Waals surface area contributed by atoms with Gasteiger partial charge in [-0.2, -0.15) is 5.10 Å². The molecule has 0 aliphatic carbocycles. The summed E-state index contributed by atoms with van der Waals surface area (Å²) in [5.41, 5.74) is 0.428. The zero-order valence-electron chi connectivity index (χ0n) is 7.84. The number of aliphatic hydroxyl groups excluding tert-OH is 2. The van der Waals surface area contributed by atoms with E-state index in [1.807, 2.05) is 0 Å². The first-order valence-electron chi connectivity index (χ1n) is 4.19. The summed E-state index contributed by atoms with van der Waals surface area (Å²) in [5.74, 6) is -0.314. The van der Waals surface area contributed by atoms with Gasteiger partial charge in [-0.05, 0) is 0 Å². The first kappa shape index (κ1) is 10.7. The second-order valence-electron chi connectivity index (χ2n) is 2.95. The van der Waals surface area contributed by atoms with Crippen LogP contribution in [-0.2, 0) is 7.05 Å². The molecule has 1 atom stereocenters. The minimum absolute atomic E-state index is 0.0320.